The number of fused-ring (bicyclic) bond motifs is 1. The molecule has 0 aliphatic carbocycles. The van der Waals surface area contributed by atoms with Gasteiger partial charge in [-0.25, -0.2) is 13.4 Å². The fraction of sp³-hybridized carbons (Fsp3) is 0.333. The van der Waals surface area contributed by atoms with Crippen LogP contribution in [-0.2, 0) is 14.6 Å². The van der Waals surface area contributed by atoms with Crippen molar-refractivity contribution in [2.75, 3.05) is 36.5 Å². The number of carbonyl (C=O) groups excluding carboxylic acids is 1. The highest BCUT2D eigenvalue weighted by Crippen LogP contribution is 2.14. The number of pyridine rings is 1. The molecule has 0 spiro atoms. The number of benzene rings is 1. The number of aromatic nitrogens is 1. The lowest BCUT2D eigenvalue weighted by molar-refractivity contribution is -0.117. The molecule has 22 heavy (non-hydrogen) atoms. The van der Waals surface area contributed by atoms with Crippen LogP contribution in [0.2, 0.25) is 0 Å². The first-order chi connectivity index (χ1) is 10.5. The maximum Gasteiger partial charge on any atom is 0.239 e. The first-order valence-corrected chi connectivity index (χ1v) is 8.92. The molecule has 1 aliphatic rings. The molecular formula is C15H17N3O3S. The number of hydrogen-bond acceptors (Lipinski definition) is 5. The van der Waals surface area contributed by atoms with Gasteiger partial charge in [-0.1, -0.05) is 18.2 Å². The van der Waals surface area contributed by atoms with Crippen molar-refractivity contribution < 1.29 is 13.2 Å². The summed E-state index contributed by atoms with van der Waals surface area (Å²) >= 11 is 0. The molecule has 0 atom stereocenters. The van der Waals surface area contributed by atoms with E-state index >= 15 is 0 Å². The van der Waals surface area contributed by atoms with Crippen molar-refractivity contribution in [3.8, 4) is 0 Å². The molecule has 2 aromatic rings. The summed E-state index contributed by atoms with van der Waals surface area (Å²) in [7, 11) is -2.92. The van der Waals surface area contributed by atoms with E-state index in [1.54, 1.807) is 6.07 Å². The SMILES string of the molecule is O=C(CN1CCS(=O)(=O)CC1)Nc1ccc2ccccc2n1. The summed E-state index contributed by atoms with van der Waals surface area (Å²) in [6.45, 7) is 0.992. The predicted molar refractivity (Wildman–Crippen MR) is 85.5 cm³/mol. The van der Waals surface area contributed by atoms with Gasteiger partial charge >= 0.3 is 0 Å². The molecule has 0 saturated carbocycles. The van der Waals surface area contributed by atoms with Crippen LogP contribution in [0.15, 0.2) is 36.4 Å². The summed E-state index contributed by atoms with van der Waals surface area (Å²) in [6, 6.07) is 11.4. The standard InChI is InChI=1S/C15H17N3O3S/c19-15(11-18-7-9-22(20,21)10-8-18)17-14-6-5-12-3-1-2-4-13(12)16-14/h1-6H,7-11H2,(H,16,17,19). The quantitative estimate of drug-likeness (QED) is 0.909. The van der Waals surface area contributed by atoms with Crippen molar-refractivity contribution in [3.05, 3.63) is 36.4 Å². The van der Waals surface area contributed by atoms with Crippen LogP contribution in [-0.4, -0.2) is 55.3 Å². The van der Waals surface area contributed by atoms with Crippen LogP contribution in [0.5, 0.6) is 0 Å². The van der Waals surface area contributed by atoms with E-state index in [9.17, 15) is 13.2 Å². The first kappa shape index (κ1) is 14.9. The molecule has 116 valence electrons. The Labute approximate surface area is 129 Å². The van der Waals surface area contributed by atoms with E-state index in [0.29, 0.717) is 18.9 Å². The number of amides is 1. The van der Waals surface area contributed by atoms with Crippen molar-refractivity contribution in [1.29, 1.82) is 0 Å². The summed E-state index contributed by atoms with van der Waals surface area (Å²) in [5, 5.41) is 3.78. The highest BCUT2D eigenvalue weighted by molar-refractivity contribution is 7.91. The van der Waals surface area contributed by atoms with E-state index in [2.05, 4.69) is 10.3 Å². The Morgan fingerprint density at radius 1 is 1.14 bits per heavy atom. The Balaban J connectivity index is 1.61. The molecule has 6 nitrogen and oxygen atoms in total. The third-order valence-corrected chi connectivity index (χ3v) is 5.28. The highest BCUT2D eigenvalue weighted by Gasteiger charge is 2.22. The van der Waals surface area contributed by atoms with Gasteiger partial charge in [0, 0.05) is 18.5 Å². The molecule has 0 bridgehead atoms. The number of sulfone groups is 1. The van der Waals surface area contributed by atoms with E-state index in [-0.39, 0.29) is 24.0 Å². The van der Waals surface area contributed by atoms with Gasteiger partial charge in [-0.15, -0.1) is 0 Å². The molecule has 1 aliphatic heterocycles. The van der Waals surface area contributed by atoms with E-state index in [4.69, 9.17) is 0 Å². The maximum atomic E-state index is 12.0. The molecule has 1 amide bonds. The minimum absolute atomic E-state index is 0.120. The molecule has 1 aromatic heterocycles. The Bertz CT molecular complexity index is 791. The van der Waals surface area contributed by atoms with Crippen LogP contribution in [0.4, 0.5) is 5.82 Å². The average molecular weight is 319 g/mol. The molecule has 0 radical (unpaired) electrons. The van der Waals surface area contributed by atoms with E-state index < -0.39 is 9.84 Å². The fourth-order valence-corrected chi connectivity index (χ4v) is 3.71. The number of hydrogen-bond donors (Lipinski definition) is 1. The molecular weight excluding hydrogens is 302 g/mol. The largest absolute Gasteiger partial charge is 0.310 e. The molecule has 2 heterocycles. The molecule has 1 aromatic carbocycles. The highest BCUT2D eigenvalue weighted by atomic mass is 32.2. The van der Waals surface area contributed by atoms with Crippen molar-refractivity contribution >= 4 is 32.5 Å². The lowest BCUT2D eigenvalue weighted by Gasteiger charge is -2.25. The number of rotatable bonds is 3. The monoisotopic (exact) mass is 319 g/mol. The van der Waals surface area contributed by atoms with Gasteiger partial charge < -0.3 is 5.32 Å². The Morgan fingerprint density at radius 2 is 1.86 bits per heavy atom. The van der Waals surface area contributed by atoms with Crippen molar-refractivity contribution in [2.24, 2.45) is 0 Å². The van der Waals surface area contributed by atoms with Crippen LogP contribution in [0.25, 0.3) is 10.9 Å². The first-order valence-electron chi connectivity index (χ1n) is 7.10. The third-order valence-electron chi connectivity index (χ3n) is 3.67. The zero-order chi connectivity index (χ0) is 15.6. The summed E-state index contributed by atoms with van der Waals surface area (Å²) in [5.74, 6) is 0.568. The Morgan fingerprint density at radius 3 is 2.64 bits per heavy atom. The van der Waals surface area contributed by atoms with Crippen molar-refractivity contribution in [3.63, 3.8) is 0 Å². The lowest BCUT2D eigenvalue weighted by Crippen LogP contribution is -2.43. The summed E-state index contributed by atoms with van der Waals surface area (Å²) in [6.07, 6.45) is 0. The van der Waals surface area contributed by atoms with Gasteiger partial charge in [-0.05, 0) is 18.2 Å². The Kier molecular flexibility index (Phi) is 4.08. The molecule has 7 heteroatoms. The number of carbonyl (C=O) groups is 1. The third kappa shape index (κ3) is 3.61. The average Bonchev–Trinajstić information content (AvgIpc) is 2.49. The number of nitrogens with zero attached hydrogens (tertiary/aromatic N) is 2. The predicted octanol–water partition coefficient (Wildman–Crippen LogP) is 0.904. The van der Waals surface area contributed by atoms with Crippen LogP contribution in [0.1, 0.15) is 0 Å². The summed E-state index contributed by atoms with van der Waals surface area (Å²) < 4.78 is 22.7. The topological polar surface area (TPSA) is 79.4 Å². The van der Waals surface area contributed by atoms with Crippen LogP contribution in [0, 0.1) is 0 Å². The summed E-state index contributed by atoms with van der Waals surface area (Å²) in [4.78, 5) is 18.3. The second-order valence-corrected chi connectivity index (χ2v) is 7.67. The molecule has 1 saturated heterocycles. The van der Waals surface area contributed by atoms with Gasteiger partial charge in [-0.2, -0.15) is 0 Å². The number of nitrogens with one attached hydrogen (secondary N) is 1. The smallest absolute Gasteiger partial charge is 0.239 e. The zero-order valence-electron chi connectivity index (χ0n) is 12.0. The van der Waals surface area contributed by atoms with E-state index in [0.717, 1.165) is 10.9 Å². The second-order valence-electron chi connectivity index (χ2n) is 5.37. The second kappa shape index (κ2) is 6.02. The molecule has 3 rings (SSSR count). The van der Waals surface area contributed by atoms with Gasteiger partial charge in [0.25, 0.3) is 0 Å². The molecule has 1 N–H and O–H groups in total. The maximum absolute atomic E-state index is 12.0. The number of para-hydroxylation sites is 1. The number of anilines is 1. The minimum atomic E-state index is -2.92. The van der Waals surface area contributed by atoms with Gasteiger partial charge in [0.1, 0.15) is 5.82 Å². The Hall–Kier alpha value is -1.99. The van der Waals surface area contributed by atoms with Crippen LogP contribution in [0.3, 0.4) is 0 Å². The van der Waals surface area contributed by atoms with Gasteiger partial charge in [-0.3, -0.25) is 9.69 Å². The van der Waals surface area contributed by atoms with Crippen LogP contribution >= 0.6 is 0 Å². The minimum Gasteiger partial charge on any atom is -0.310 e. The zero-order valence-corrected chi connectivity index (χ0v) is 12.8. The van der Waals surface area contributed by atoms with Gasteiger partial charge in [0.05, 0.1) is 23.6 Å². The normalized spacial score (nSPS) is 18.2. The van der Waals surface area contributed by atoms with E-state index in [1.807, 2.05) is 35.2 Å². The fourth-order valence-electron chi connectivity index (χ4n) is 2.43. The van der Waals surface area contributed by atoms with Gasteiger partial charge in [0.15, 0.2) is 9.84 Å². The molecule has 1 fully saturated rings. The van der Waals surface area contributed by atoms with Crippen molar-refractivity contribution in [2.45, 2.75) is 0 Å². The molecule has 0 unspecified atom stereocenters. The van der Waals surface area contributed by atoms with Gasteiger partial charge in [0.2, 0.25) is 5.91 Å². The lowest BCUT2D eigenvalue weighted by atomic mass is 10.2. The van der Waals surface area contributed by atoms with Crippen molar-refractivity contribution in [1.82, 2.24) is 9.88 Å². The van der Waals surface area contributed by atoms with E-state index in [1.165, 1.54) is 0 Å². The summed E-state index contributed by atoms with van der Waals surface area (Å²) in [5.41, 5.74) is 0.823. The van der Waals surface area contributed by atoms with Crippen LogP contribution < -0.4 is 5.32 Å².